The standard InChI is InChI=1S/C13H15N3O2S/c17-19(18,16-8-1-2-9-16)12-5-3-4-11(10-12)13-6-7-14-15-13/h3-7,10H,1-2,8-9H2,(H,14,15). The molecule has 1 aliphatic heterocycles. The van der Waals surface area contributed by atoms with Gasteiger partial charge in [-0.25, -0.2) is 8.42 Å². The number of aromatic amines is 1. The summed E-state index contributed by atoms with van der Waals surface area (Å²) < 4.78 is 26.5. The predicted molar refractivity (Wildman–Crippen MR) is 72.0 cm³/mol. The third-order valence-corrected chi connectivity index (χ3v) is 5.24. The fraction of sp³-hybridized carbons (Fsp3) is 0.308. The summed E-state index contributed by atoms with van der Waals surface area (Å²) >= 11 is 0. The Morgan fingerprint density at radius 3 is 2.63 bits per heavy atom. The van der Waals surface area contributed by atoms with Crippen molar-refractivity contribution in [2.45, 2.75) is 17.7 Å². The van der Waals surface area contributed by atoms with Gasteiger partial charge >= 0.3 is 0 Å². The molecule has 1 fully saturated rings. The van der Waals surface area contributed by atoms with Crippen molar-refractivity contribution < 1.29 is 8.42 Å². The highest BCUT2D eigenvalue weighted by atomic mass is 32.2. The van der Waals surface area contributed by atoms with Gasteiger partial charge in [0, 0.05) is 24.8 Å². The Kier molecular flexibility index (Phi) is 3.12. The van der Waals surface area contributed by atoms with E-state index in [1.165, 1.54) is 0 Å². The van der Waals surface area contributed by atoms with Crippen LogP contribution in [0.2, 0.25) is 0 Å². The molecule has 0 bridgehead atoms. The van der Waals surface area contributed by atoms with Crippen LogP contribution in [0, 0.1) is 0 Å². The largest absolute Gasteiger partial charge is 0.278 e. The minimum atomic E-state index is -3.35. The van der Waals surface area contributed by atoms with Crippen molar-refractivity contribution in [3.8, 4) is 11.3 Å². The Morgan fingerprint density at radius 2 is 1.95 bits per heavy atom. The van der Waals surface area contributed by atoms with Crippen LogP contribution in [0.1, 0.15) is 12.8 Å². The molecule has 2 heterocycles. The number of benzene rings is 1. The fourth-order valence-electron chi connectivity index (χ4n) is 2.32. The fourth-order valence-corrected chi connectivity index (χ4v) is 3.88. The van der Waals surface area contributed by atoms with Crippen molar-refractivity contribution in [2.75, 3.05) is 13.1 Å². The maximum absolute atomic E-state index is 12.5. The molecule has 2 aromatic rings. The molecule has 0 spiro atoms. The quantitative estimate of drug-likeness (QED) is 0.931. The second-order valence-electron chi connectivity index (χ2n) is 4.61. The Morgan fingerprint density at radius 1 is 1.16 bits per heavy atom. The Balaban J connectivity index is 1.99. The summed E-state index contributed by atoms with van der Waals surface area (Å²) in [5.41, 5.74) is 1.65. The molecule has 1 saturated heterocycles. The average Bonchev–Trinajstić information content (AvgIpc) is 3.12. The minimum absolute atomic E-state index is 0.349. The first-order valence-electron chi connectivity index (χ1n) is 6.28. The predicted octanol–water partition coefficient (Wildman–Crippen LogP) is 1.86. The SMILES string of the molecule is O=S(=O)(c1cccc(-c2ccn[nH]2)c1)N1CCCC1. The Labute approximate surface area is 112 Å². The molecule has 3 rings (SSSR count). The molecule has 0 radical (unpaired) electrons. The van der Waals surface area contributed by atoms with Gasteiger partial charge in [0.1, 0.15) is 0 Å². The lowest BCUT2D eigenvalue weighted by molar-refractivity contribution is 0.477. The van der Waals surface area contributed by atoms with E-state index in [-0.39, 0.29) is 0 Å². The summed E-state index contributed by atoms with van der Waals surface area (Å²) in [6.45, 7) is 1.24. The highest BCUT2D eigenvalue weighted by Crippen LogP contribution is 2.24. The average molecular weight is 277 g/mol. The van der Waals surface area contributed by atoms with Crippen molar-refractivity contribution in [2.24, 2.45) is 0 Å². The van der Waals surface area contributed by atoms with Gasteiger partial charge in [-0.15, -0.1) is 0 Å². The summed E-state index contributed by atoms with van der Waals surface area (Å²) in [6, 6.07) is 8.80. The van der Waals surface area contributed by atoms with E-state index < -0.39 is 10.0 Å². The normalized spacial score (nSPS) is 16.8. The smallest absolute Gasteiger partial charge is 0.243 e. The number of hydrogen-bond acceptors (Lipinski definition) is 3. The van der Waals surface area contributed by atoms with Crippen LogP contribution in [-0.4, -0.2) is 36.0 Å². The number of H-pyrrole nitrogens is 1. The van der Waals surface area contributed by atoms with Gasteiger partial charge in [0.2, 0.25) is 10.0 Å². The third-order valence-electron chi connectivity index (χ3n) is 3.35. The van der Waals surface area contributed by atoms with Crippen LogP contribution in [0.25, 0.3) is 11.3 Å². The molecule has 19 heavy (non-hydrogen) atoms. The summed E-state index contributed by atoms with van der Waals surface area (Å²) in [6.07, 6.45) is 3.54. The lowest BCUT2D eigenvalue weighted by atomic mass is 10.2. The van der Waals surface area contributed by atoms with Crippen molar-refractivity contribution in [1.82, 2.24) is 14.5 Å². The van der Waals surface area contributed by atoms with E-state index in [9.17, 15) is 8.42 Å². The van der Waals surface area contributed by atoms with Gasteiger partial charge in [-0.05, 0) is 31.0 Å². The Bertz CT molecular complexity index is 659. The molecule has 1 aliphatic rings. The molecule has 1 aromatic carbocycles. The van der Waals surface area contributed by atoms with E-state index in [1.54, 1.807) is 28.7 Å². The van der Waals surface area contributed by atoms with Crippen LogP contribution in [0.15, 0.2) is 41.4 Å². The van der Waals surface area contributed by atoms with Crippen molar-refractivity contribution in [1.29, 1.82) is 0 Å². The first kappa shape index (κ1) is 12.4. The van der Waals surface area contributed by atoms with Gasteiger partial charge in [-0.1, -0.05) is 12.1 Å². The van der Waals surface area contributed by atoms with E-state index in [0.717, 1.165) is 24.1 Å². The minimum Gasteiger partial charge on any atom is -0.278 e. The lowest BCUT2D eigenvalue weighted by Gasteiger charge is -2.15. The zero-order valence-corrected chi connectivity index (χ0v) is 11.2. The molecule has 0 aliphatic carbocycles. The third kappa shape index (κ3) is 2.29. The summed E-state index contributed by atoms with van der Waals surface area (Å²) in [4.78, 5) is 0.349. The lowest BCUT2D eigenvalue weighted by Crippen LogP contribution is -2.27. The first-order valence-corrected chi connectivity index (χ1v) is 7.72. The second kappa shape index (κ2) is 4.79. The van der Waals surface area contributed by atoms with Crippen molar-refractivity contribution in [3.63, 3.8) is 0 Å². The van der Waals surface area contributed by atoms with Gasteiger partial charge in [-0.3, -0.25) is 5.10 Å². The first-order chi connectivity index (χ1) is 9.18. The van der Waals surface area contributed by atoms with Crippen LogP contribution >= 0.6 is 0 Å². The topological polar surface area (TPSA) is 66.1 Å². The molecule has 5 nitrogen and oxygen atoms in total. The highest BCUT2D eigenvalue weighted by Gasteiger charge is 2.27. The maximum Gasteiger partial charge on any atom is 0.243 e. The van der Waals surface area contributed by atoms with Crippen molar-refractivity contribution >= 4 is 10.0 Å². The van der Waals surface area contributed by atoms with Crippen LogP contribution < -0.4 is 0 Å². The zero-order valence-electron chi connectivity index (χ0n) is 10.4. The Hall–Kier alpha value is -1.66. The molecular formula is C13H15N3O2S. The molecule has 0 amide bonds. The highest BCUT2D eigenvalue weighted by molar-refractivity contribution is 7.89. The second-order valence-corrected chi connectivity index (χ2v) is 6.55. The van der Waals surface area contributed by atoms with E-state index in [4.69, 9.17) is 0 Å². The molecule has 0 saturated carbocycles. The van der Waals surface area contributed by atoms with Gasteiger partial charge in [0.25, 0.3) is 0 Å². The number of sulfonamides is 1. The molecule has 0 atom stereocenters. The van der Waals surface area contributed by atoms with Crippen LogP contribution in [0.3, 0.4) is 0 Å². The summed E-state index contributed by atoms with van der Waals surface area (Å²) in [7, 11) is -3.35. The van der Waals surface area contributed by atoms with Gasteiger partial charge < -0.3 is 0 Å². The summed E-state index contributed by atoms with van der Waals surface area (Å²) in [5.74, 6) is 0. The van der Waals surface area contributed by atoms with Crippen LogP contribution in [-0.2, 0) is 10.0 Å². The zero-order chi connectivity index (χ0) is 13.3. The monoisotopic (exact) mass is 277 g/mol. The summed E-state index contributed by atoms with van der Waals surface area (Å²) in [5, 5.41) is 6.73. The number of aromatic nitrogens is 2. The maximum atomic E-state index is 12.5. The number of nitrogens with zero attached hydrogens (tertiary/aromatic N) is 2. The number of hydrogen-bond donors (Lipinski definition) is 1. The van der Waals surface area contributed by atoms with Crippen LogP contribution in [0.5, 0.6) is 0 Å². The molecule has 6 heteroatoms. The molecule has 100 valence electrons. The molecular weight excluding hydrogens is 262 g/mol. The van der Waals surface area contributed by atoms with Gasteiger partial charge in [0.05, 0.1) is 10.6 Å². The van der Waals surface area contributed by atoms with Gasteiger partial charge in [0.15, 0.2) is 0 Å². The molecule has 1 aromatic heterocycles. The number of nitrogens with one attached hydrogen (secondary N) is 1. The number of rotatable bonds is 3. The van der Waals surface area contributed by atoms with E-state index in [1.807, 2.05) is 12.1 Å². The van der Waals surface area contributed by atoms with Gasteiger partial charge in [-0.2, -0.15) is 9.40 Å². The molecule has 0 unspecified atom stereocenters. The van der Waals surface area contributed by atoms with Crippen molar-refractivity contribution in [3.05, 3.63) is 36.5 Å². The van der Waals surface area contributed by atoms with E-state index in [2.05, 4.69) is 10.2 Å². The molecule has 1 N–H and O–H groups in total. The van der Waals surface area contributed by atoms with E-state index in [0.29, 0.717) is 18.0 Å². The van der Waals surface area contributed by atoms with E-state index >= 15 is 0 Å². The van der Waals surface area contributed by atoms with Crippen LogP contribution in [0.4, 0.5) is 0 Å².